The van der Waals surface area contributed by atoms with Gasteiger partial charge in [-0.1, -0.05) is 30.3 Å². The summed E-state index contributed by atoms with van der Waals surface area (Å²) >= 11 is 5.73. The number of halogens is 1. The molecule has 3 heteroatoms. The predicted octanol–water partition coefficient (Wildman–Crippen LogP) is 2.95. The molecule has 12 heavy (non-hydrogen) atoms. The van der Waals surface area contributed by atoms with Gasteiger partial charge in [0.1, 0.15) is 0 Å². The molecule has 2 nitrogen and oxygen atoms in total. The molecule has 1 aromatic carbocycles. The second-order valence-corrected chi connectivity index (χ2v) is 2.53. The van der Waals surface area contributed by atoms with Gasteiger partial charge in [-0.25, -0.2) is 4.79 Å². The van der Waals surface area contributed by atoms with E-state index in [1.807, 2.05) is 0 Å². The average molecular weight is 180 g/mol. The Bertz CT molecular complexity index is 354. The zero-order chi connectivity index (χ0) is 8.97. The minimum atomic E-state index is 0.420. The van der Waals surface area contributed by atoms with Gasteiger partial charge in [0, 0.05) is 0 Å². The fourth-order valence-corrected chi connectivity index (χ4v) is 0.951. The largest absolute Gasteiger partial charge is 0.240 e. The first kappa shape index (κ1) is 8.72. The highest BCUT2D eigenvalue weighted by Crippen LogP contribution is 2.25. The van der Waals surface area contributed by atoms with E-state index in [1.165, 1.54) is 6.08 Å². The molecule has 0 heterocycles. The van der Waals surface area contributed by atoms with Crippen molar-refractivity contribution in [3.8, 4) is 0 Å². The molecule has 60 valence electrons. The molecule has 0 fully saturated rings. The quantitative estimate of drug-likeness (QED) is 0.507. The maximum Gasteiger partial charge on any atom is 0.240 e. The Kier molecular flexibility index (Phi) is 2.81. The van der Waals surface area contributed by atoms with Crippen molar-refractivity contribution in [1.82, 2.24) is 0 Å². The number of carbonyl (C=O) groups excluding carboxylic acids is 1. The van der Waals surface area contributed by atoms with E-state index in [0.717, 1.165) is 5.56 Å². The van der Waals surface area contributed by atoms with Crippen LogP contribution in [0.3, 0.4) is 0 Å². The summed E-state index contributed by atoms with van der Waals surface area (Å²) < 4.78 is 0. The molecule has 0 radical (unpaired) electrons. The molecule has 0 unspecified atom stereocenters. The molecule has 1 aromatic rings. The Balaban J connectivity index is 3.25. The van der Waals surface area contributed by atoms with Crippen LogP contribution in [0.25, 0.3) is 6.08 Å². The summed E-state index contributed by atoms with van der Waals surface area (Å²) in [5.74, 6) is 0. The van der Waals surface area contributed by atoms with Crippen molar-refractivity contribution >= 4 is 29.4 Å². The van der Waals surface area contributed by atoms with Crippen LogP contribution in [-0.2, 0) is 4.79 Å². The van der Waals surface area contributed by atoms with Gasteiger partial charge >= 0.3 is 0 Å². The molecule has 0 aliphatic heterocycles. The van der Waals surface area contributed by atoms with E-state index in [4.69, 9.17) is 11.6 Å². The number of rotatable bonds is 2. The molecule has 0 saturated heterocycles. The van der Waals surface area contributed by atoms with Crippen LogP contribution in [0.5, 0.6) is 0 Å². The molecular formula is C9H6ClNO. The van der Waals surface area contributed by atoms with Gasteiger partial charge in [0.05, 0.1) is 10.7 Å². The lowest BCUT2D eigenvalue weighted by molar-refractivity contribution is 0.565. The van der Waals surface area contributed by atoms with Gasteiger partial charge in [0.15, 0.2) is 0 Å². The fraction of sp³-hybridized carbons (Fsp3) is 0. The SMILES string of the molecule is C=Cc1ccc(Cl)c(N=C=O)c1. The van der Waals surface area contributed by atoms with Gasteiger partial charge in [-0.2, -0.15) is 4.99 Å². The second kappa shape index (κ2) is 3.86. The third kappa shape index (κ3) is 1.82. The molecule has 0 spiro atoms. The predicted molar refractivity (Wildman–Crippen MR) is 49.3 cm³/mol. The van der Waals surface area contributed by atoms with Crippen LogP contribution >= 0.6 is 11.6 Å². The van der Waals surface area contributed by atoms with Crippen molar-refractivity contribution in [1.29, 1.82) is 0 Å². The smallest absolute Gasteiger partial charge is 0.211 e. The molecule has 0 aliphatic carbocycles. The lowest BCUT2D eigenvalue weighted by Gasteiger charge is -1.96. The number of nitrogens with zero attached hydrogens (tertiary/aromatic N) is 1. The van der Waals surface area contributed by atoms with Crippen molar-refractivity contribution in [3.05, 3.63) is 35.4 Å². The lowest BCUT2D eigenvalue weighted by atomic mass is 10.2. The van der Waals surface area contributed by atoms with Crippen molar-refractivity contribution in [2.75, 3.05) is 0 Å². The van der Waals surface area contributed by atoms with E-state index in [1.54, 1.807) is 24.3 Å². The van der Waals surface area contributed by atoms with Crippen LogP contribution in [0, 0.1) is 0 Å². The molecular weight excluding hydrogens is 174 g/mol. The Hall–Kier alpha value is -1.37. The van der Waals surface area contributed by atoms with E-state index < -0.39 is 0 Å². The number of aliphatic imine (C=N–C) groups is 1. The van der Waals surface area contributed by atoms with E-state index in [2.05, 4.69) is 11.6 Å². The zero-order valence-corrected chi connectivity index (χ0v) is 7.01. The van der Waals surface area contributed by atoms with Gasteiger partial charge in [0.25, 0.3) is 0 Å². The van der Waals surface area contributed by atoms with Crippen LogP contribution < -0.4 is 0 Å². The van der Waals surface area contributed by atoms with Gasteiger partial charge in [-0.05, 0) is 17.7 Å². The number of isocyanates is 1. The molecule has 0 atom stereocenters. The molecule has 0 aromatic heterocycles. The van der Waals surface area contributed by atoms with Crippen LogP contribution in [0.2, 0.25) is 5.02 Å². The summed E-state index contributed by atoms with van der Waals surface area (Å²) in [6, 6.07) is 5.12. The average Bonchev–Trinajstić information content (AvgIpc) is 2.09. The first-order chi connectivity index (χ1) is 5.77. The van der Waals surface area contributed by atoms with Crippen LogP contribution in [-0.4, -0.2) is 6.08 Å². The monoisotopic (exact) mass is 179 g/mol. The maximum absolute atomic E-state index is 9.95. The van der Waals surface area contributed by atoms with Crippen molar-refractivity contribution < 1.29 is 4.79 Å². The summed E-state index contributed by atoms with van der Waals surface area (Å²) in [7, 11) is 0. The van der Waals surface area contributed by atoms with Crippen LogP contribution in [0.15, 0.2) is 29.8 Å². The Labute approximate surface area is 75.2 Å². The molecule has 1 rings (SSSR count). The number of hydrogen-bond donors (Lipinski definition) is 0. The first-order valence-electron chi connectivity index (χ1n) is 3.28. The van der Waals surface area contributed by atoms with Gasteiger partial charge < -0.3 is 0 Å². The summed E-state index contributed by atoms with van der Waals surface area (Å²) in [6.45, 7) is 3.58. The standard InChI is InChI=1S/C9H6ClNO/c1-2-7-3-4-8(10)9(5-7)11-6-12/h2-5H,1H2. The van der Waals surface area contributed by atoms with Crippen molar-refractivity contribution in [3.63, 3.8) is 0 Å². The summed E-state index contributed by atoms with van der Waals surface area (Å²) in [5.41, 5.74) is 1.29. The summed E-state index contributed by atoms with van der Waals surface area (Å²) in [4.78, 5) is 13.4. The minimum absolute atomic E-state index is 0.420. The summed E-state index contributed by atoms with van der Waals surface area (Å²) in [6.07, 6.45) is 3.09. The van der Waals surface area contributed by atoms with Crippen LogP contribution in [0.4, 0.5) is 5.69 Å². The molecule has 0 bridgehead atoms. The van der Waals surface area contributed by atoms with E-state index in [-0.39, 0.29) is 0 Å². The van der Waals surface area contributed by atoms with Gasteiger partial charge in [0.2, 0.25) is 6.08 Å². The van der Waals surface area contributed by atoms with E-state index >= 15 is 0 Å². The van der Waals surface area contributed by atoms with Crippen LogP contribution in [0.1, 0.15) is 5.56 Å². The minimum Gasteiger partial charge on any atom is -0.211 e. The molecule has 0 amide bonds. The van der Waals surface area contributed by atoms with Crippen molar-refractivity contribution in [2.45, 2.75) is 0 Å². The third-order valence-electron chi connectivity index (χ3n) is 1.37. The molecule has 0 aliphatic rings. The van der Waals surface area contributed by atoms with Gasteiger partial charge in [-0.3, -0.25) is 0 Å². The molecule has 0 N–H and O–H groups in total. The Morgan fingerprint density at radius 1 is 1.58 bits per heavy atom. The van der Waals surface area contributed by atoms with Crippen molar-refractivity contribution in [2.24, 2.45) is 4.99 Å². The van der Waals surface area contributed by atoms with Gasteiger partial charge in [-0.15, -0.1) is 0 Å². The van der Waals surface area contributed by atoms with E-state index in [9.17, 15) is 4.79 Å². The number of hydrogen-bond acceptors (Lipinski definition) is 2. The normalized spacial score (nSPS) is 8.75. The van der Waals surface area contributed by atoms with E-state index in [0.29, 0.717) is 10.7 Å². The molecule has 0 saturated carbocycles. The second-order valence-electron chi connectivity index (χ2n) is 2.12. The highest BCUT2D eigenvalue weighted by Gasteiger charge is 1.97. The lowest BCUT2D eigenvalue weighted by Crippen LogP contribution is -1.72. The zero-order valence-electron chi connectivity index (χ0n) is 6.25. The Morgan fingerprint density at radius 3 is 2.92 bits per heavy atom. The fourth-order valence-electron chi connectivity index (χ4n) is 0.792. The Morgan fingerprint density at radius 2 is 2.33 bits per heavy atom. The first-order valence-corrected chi connectivity index (χ1v) is 3.65. The maximum atomic E-state index is 9.95. The highest BCUT2D eigenvalue weighted by atomic mass is 35.5. The topological polar surface area (TPSA) is 29.4 Å². The highest BCUT2D eigenvalue weighted by molar-refractivity contribution is 6.33. The number of benzene rings is 1. The summed E-state index contributed by atoms with van der Waals surface area (Å²) in [5, 5.41) is 0.434. The third-order valence-corrected chi connectivity index (χ3v) is 1.69.